The van der Waals surface area contributed by atoms with E-state index in [1.54, 1.807) is 18.3 Å². The number of hydrogen-bond donors (Lipinski definition) is 1. The minimum absolute atomic E-state index is 0.240. The molecule has 3 aromatic rings. The van der Waals surface area contributed by atoms with Crippen molar-refractivity contribution in [3.8, 4) is 11.4 Å². The molecule has 1 N–H and O–H groups in total. The number of rotatable bonds is 4. The number of nitrogens with zero attached hydrogens (tertiary/aromatic N) is 3. The van der Waals surface area contributed by atoms with Gasteiger partial charge in [0.1, 0.15) is 6.33 Å². The van der Waals surface area contributed by atoms with Crippen molar-refractivity contribution in [2.45, 2.75) is 0 Å². The number of para-hydroxylation sites is 1. The van der Waals surface area contributed by atoms with Crippen LogP contribution >= 0.6 is 11.6 Å². The lowest BCUT2D eigenvalue weighted by molar-refractivity contribution is -0.111. The molecule has 0 unspecified atom stereocenters. The molecule has 2 aromatic carbocycles. The Kier molecular flexibility index (Phi) is 4.49. The van der Waals surface area contributed by atoms with Crippen LogP contribution in [0.3, 0.4) is 0 Å². The smallest absolute Gasteiger partial charge is 0.249 e. The molecule has 0 aliphatic carbocycles. The summed E-state index contributed by atoms with van der Waals surface area (Å²) in [5.41, 5.74) is 1.55. The van der Waals surface area contributed by atoms with Crippen molar-refractivity contribution in [1.82, 2.24) is 14.8 Å². The van der Waals surface area contributed by atoms with Gasteiger partial charge in [0.15, 0.2) is 5.82 Å². The van der Waals surface area contributed by atoms with Crippen LogP contribution in [0.4, 0.5) is 5.69 Å². The van der Waals surface area contributed by atoms with Gasteiger partial charge in [0.25, 0.3) is 0 Å². The van der Waals surface area contributed by atoms with Crippen LogP contribution in [0.15, 0.2) is 67.0 Å². The summed E-state index contributed by atoms with van der Waals surface area (Å²) in [5.74, 6) is 0.302. The molecule has 0 aliphatic heterocycles. The molecule has 0 saturated carbocycles. The van der Waals surface area contributed by atoms with Crippen molar-refractivity contribution >= 4 is 29.4 Å². The molecule has 0 spiro atoms. The van der Waals surface area contributed by atoms with Crippen LogP contribution in [-0.2, 0) is 4.79 Å². The topological polar surface area (TPSA) is 59.8 Å². The molecule has 0 saturated heterocycles. The zero-order chi connectivity index (χ0) is 16.1. The SMILES string of the molecule is O=C(C=Cn1cnc(-c2cccc(Cl)c2)n1)Nc1ccccc1. The Morgan fingerprint density at radius 2 is 1.96 bits per heavy atom. The summed E-state index contributed by atoms with van der Waals surface area (Å²) in [6.07, 6.45) is 4.46. The Bertz CT molecular complexity index is 843. The van der Waals surface area contributed by atoms with Crippen molar-refractivity contribution < 1.29 is 4.79 Å². The summed E-state index contributed by atoms with van der Waals surface area (Å²) in [6, 6.07) is 16.5. The molecule has 3 rings (SSSR count). The minimum Gasteiger partial charge on any atom is -0.322 e. The maximum atomic E-state index is 11.8. The molecule has 0 fully saturated rings. The van der Waals surface area contributed by atoms with Crippen LogP contribution in [0.2, 0.25) is 5.02 Å². The average molecular weight is 325 g/mol. The number of aromatic nitrogens is 3. The molecular formula is C17H13ClN4O. The Morgan fingerprint density at radius 1 is 1.13 bits per heavy atom. The van der Waals surface area contributed by atoms with Gasteiger partial charge in [-0.1, -0.05) is 41.9 Å². The maximum absolute atomic E-state index is 11.8. The number of carbonyl (C=O) groups excluding carboxylic acids is 1. The van der Waals surface area contributed by atoms with E-state index in [1.165, 1.54) is 17.1 Å². The summed E-state index contributed by atoms with van der Waals surface area (Å²) >= 11 is 5.95. The number of benzene rings is 2. The number of carbonyl (C=O) groups is 1. The number of halogens is 1. The second kappa shape index (κ2) is 6.89. The molecule has 23 heavy (non-hydrogen) atoms. The zero-order valence-electron chi connectivity index (χ0n) is 12.1. The number of amides is 1. The quantitative estimate of drug-likeness (QED) is 0.744. The van der Waals surface area contributed by atoms with E-state index in [2.05, 4.69) is 15.4 Å². The van der Waals surface area contributed by atoms with Gasteiger partial charge >= 0.3 is 0 Å². The molecule has 114 valence electrons. The van der Waals surface area contributed by atoms with Gasteiger partial charge in [0.2, 0.25) is 5.91 Å². The average Bonchev–Trinajstić information content (AvgIpc) is 3.03. The molecule has 6 heteroatoms. The molecule has 0 radical (unpaired) electrons. The fourth-order valence-electron chi connectivity index (χ4n) is 1.96. The van der Waals surface area contributed by atoms with Gasteiger partial charge in [-0.05, 0) is 24.3 Å². The molecule has 1 heterocycles. The molecule has 0 atom stereocenters. The van der Waals surface area contributed by atoms with Gasteiger partial charge < -0.3 is 5.32 Å². The fraction of sp³-hybridized carbons (Fsp3) is 0. The first kappa shape index (κ1) is 15.0. The van der Waals surface area contributed by atoms with Crippen molar-refractivity contribution in [3.05, 3.63) is 72.0 Å². The molecule has 0 bridgehead atoms. The van der Waals surface area contributed by atoms with E-state index in [-0.39, 0.29) is 5.91 Å². The van der Waals surface area contributed by atoms with Crippen molar-refractivity contribution in [1.29, 1.82) is 0 Å². The molecule has 1 amide bonds. The predicted octanol–water partition coefficient (Wildman–Crippen LogP) is 3.71. The van der Waals surface area contributed by atoms with Gasteiger partial charge in [-0.15, -0.1) is 5.10 Å². The number of hydrogen-bond acceptors (Lipinski definition) is 3. The van der Waals surface area contributed by atoms with E-state index < -0.39 is 0 Å². The second-order valence-electron chi connectivity index (χ2n) is 4.73. The van der Waals surface area contributed by atoms with Crippen LogP contribution in [0.1, 0.15) is 0 Å². The second-order valence-corrected chi connectivity index (χ2v) is 5.17. The van der Waals surface area contributed by atoms with Gasteiger partial charge in [0.05, 0.1) is 0 Å². The molecule has 0 aliphatic rings. The highest BCUT2D eigenvalue weighted by Gasteiger charge is 2.04. The van der Waals surface area contributed by atoms with Gasteiger partial charge in [-0.25, -0.2) is 9.67 Å². The van der Waals surface area contributed by atoms with Crippen LogP contribution in [0, 0.1) is 0 Å². The first-order valence-electron chi connectivity index (χ1n) is 6.92. The highest BCUT2D eigenvalue weighted by atomic mass is 35.5. The summed E-state index contributed by atoms with van der Waals surface area (Å²) in [6.45, 7) is 0. The Labute approximate surface area is 138 Å². The lowest BCUT2D eigenvalue weighted by atomic mass is 10.2. The van der Waals surface area contributed by atoms with Gasteiger partial charge in [-0.3, -0.25) is 4.79 Å². The van der Waals surface area contributed by atoms with Crippen molar-refractivity contribution in [2.75, 3.05) is 5.32 Å². The van der Waals surface area contributed by atoms with E-state index in [1.807, 2.05) is 42.5 Å². The zero-order valence-corrected chi connectivity index (χ0v) is 12.8. The summed E-state index contributed by atoms with van der Waals surface area (Å²) in [5, 5.41) is 7.66. The standard InChI is InChI=1S/C17H13ClN4O/c18-14-6-4-5-13(11-14)17-19-12-22(21-17)10-9-16(23)20-15-7-2-1-3-8-15/h1-12H,(H,20,23). The highest BCUT2D eigenvalue weighted by molar-refractivity contribution is 6.30. The normalized spacial score (nSPS) is 10.8. The van der Waals surface area contributed by atoms with Crippen molar-refractivity contribution in [3.63, 3.8) is 0 Å². The minimum atomic E-state index is -0.240. The highest BCUT2D eigenvalue weighted by Crippen LogP contribution is 2.18. The molecule has 5 nitrogen and oxygen atoms in total. The van der Waals surface area contributed by atoms with Crippen LogP contribution < -0.4 is 5.32 Å². The Morgan fingerprint density at radius 3 is 2.74 bits per heavy atom. The van der Waals surface area contributed by atoms with Gasteiger partial charge in [0, 0.05) is 28.5 Å². The molecule has 1 aromatic heterocycles. The van der Waals surface area contributed by atoms with E-state index in [9.17, 15) is 4.79 Å². The first-order valence-corrected chi connectivity index (χ1v) is 7.30. The van der Waals surface area contributed by atoms with Gasteiger partial charge in [-0.2, -0.15) is 0 Å². The lowest BCUT2D eigenvalue weighted by Gasteiger charge is -2.00. The largest absolute Gasteiger partial charge is 0.322 e. The number of anilines is 1. The summed E-state index contributed by atoms with van der Waals surface area (Å²) in [4.78, 5) is 16.0. The predicted molar refractivity (Wildman–Crippen MR) is 90.9 cm³/mol. The van der Waals surface area contributed by atoms with E-state index >= 15 is 0 Å². The van der Waals surface area contributed by atoms with Crippen LogP contribution in [0.5, 0.6) is 0 Å². The number of nitrogens with one attached hydrogen (secondary N) is 1. The van der Waals surface area contributed by atoms with Crippen molar-refractivity contribution in [2.24, 2.45) is 0 Å². The fourth-order valence-corrected chi connectivity index (χ4v) is 2.15. The third kappa shape index (κ3) is 4.05. The monoisotopic (exact) mass is 324 g/mol. The van der Waals surface area contributed by atoms with Crippen LogP contribution in [-0.4, -0.2) is 20.7 Å². The third-order valence-electron chi connectivity index (χ3n) is 3.01. The molecular weight excluding hydrogens is 312 g/mol. The first-order chi connectivity index (χ1) is 11.2. The van der Waals surface area contributed by atoms with Crippen LogP contribution in [0.25, 0.3) is 17.6 Å². The van der Waals surface area contributed by atoms with E-state index in [4.69, 9.17) is 11.6 Å². The summed E-state index contributed by atoms with van der Waals surface area (Å²) < 4.78 is 1.47. The lowest BCUT2D eigenvalue weighted by Crippen LogP contribution is -2.07. The van der Waals surface area contributed by atoms with E-state index in [0.29, 0.717) is 10.8 Å². The summed E-state index contributed by atoms with van der Waals surface area (Å²) in [7, 11) is 0. The maximum Gasteiger partial charge on any atom is 0.249 e. The van der Waals surface area contributed by atoms with E-state index in [0.717, 1.165) is 11.3 Å². The third-order valence-corrected chi connectivity index (χ3v) is 3.25. The Balaban J connectivity index is 1.68. The Hall–Kier alpha value is -2.92.